The summed E-state index contributed by atoms with van der Waals surface area (Å²) in [6.45, 7) is 1.68. The average Bonchev–Trinajstić information content (AvgIpc) is 2.66. The van der Waals surface area contributed by atoms with E-state index in [-0.39, 0.29) is 21.8 Å². The van der Waals surface area contributed by atoms with E-state index < -0.39 is 5.97 Å². The Bertz CT molecular complexity index is 1030. The summed E-state index contributed by atoms with van der Waals surface area (Å²) in [6, 6.07) is 7.99. The quantitative estimate of drug-likeness (QED) is 0.507. The molecule has 2 aromatic carbocycles. The van der Waals surface area contributed by atoms with Crippen LogP contribution in [0.2, 0.25) is 5.02 Å². The van der Waals surface area contributed by atoms with E-state index >= 15 is 0 Å². The van der Waals surface area contributed by atoms with Gasteiger partial charge in [-0.25, -0.2) is 4.79 Å². The first-order valence-electron chi connectivity index (χ1n) is 7.61. The van der Waals surface area contributed by atoms with Crippen LogP contribution in [-0.2, 0) is 0 Å². The molecular weight excluding hydrogens is 360 g/mol. The predicted octanol–water partition coefficient (Wildman–Crippen LogP) is 3.99. The van der Waals surface area contributed by atoms with Gasteiger partial charge in [-0.05, 0) is 31.2 Å². The smallest absolute Gasteiger partial charge is 0.351 e. The summed E-state index contributed by atoms with van der Waals surface area (Å²) in [5.74, 6) is 0.246. The van der Waals surface area contributed by atoms with Gasteiger partial charge in [0.15, 0.2) is 0 Å². The summed E-state index contributed by atoms with van der Waals surface area (Å²) < 4.78 is 21.3. The van der Waals surface area contributed by atoms with Crippen LogP contribution in [0, 0.1) is 6.92 Å². The molecule has 0 aliphatic heterocycles. The van der Waals surface area contributed by atoms with Crippen molar-refractivity contribution in [2.45, 2.75) is 6.92 Å². The van der Waals surface area contributed by atoms with Crippen molar-refractivity contribution in [3.63, 3.8) is 0 Å². The number of ether oxygens (including phenoxy) is 3. The van der Waals surface area contributed by atoms with E-state index in [1.807, 2.05) is 0 Å². The van der Waals surface area contributed by atoms with E-state index in [1.165, 1.54) is 26.4 Å². The Morgan fingerprint density at radius 2 is 1.69 bits per heavy atom. The molecule has 0 unspecified atom stereocenters. The van der Waals surface area contributed by atoms with Gasteiger partial charge in [-0.3, -0.25) is 4.79 Å². The topological polar surface area (TPSA) is 75.0 Å². The molecular formula is C19H15ClO6. The molecule has 1 heterocycles. The molecule has 6 nitrogen and oxygen atoms in total. The summed E-state index contributed by atoms with van der Waals surface area (Å²) in [7, 11) is 2.90. The van der Waals surface area contributed by atoms with Crippen molar-refractivity contribution in [2.75, 3.05) is 14.2 Å². The van der Waals surface area contributed by atoms with E-state index in [0.29, 0.717) is 28.0 Å². The highest BCUT2D eigenvalue weighted by Gasteiger charge is 2.22. The van der Waals surface area contributed by atoms with Gasteiger partial charge in [0.1, 0.15) is 39.7 Å². The SMILES string of the molecule is COc1cccc(OC)c1C(=O)Oc1ccc2c(=O)c(Cl)coc2c1C. The fourth-order valence-electron chi connectivity index (χ4n) is 2.61. The Hall–Kier alpha value is -2.99. The molecule has 0 N–H and O–H groups in total. The molecule has 0 saturated heterocycles. The van der Waals surface area contributed by atoms with Crippen molar-refractivity contribution in [3.8, 4) is 17.2 Å². The molecule has 0 aliphatic rings. The van der Waals surface area contributed by atoms with Gasteiger partial charge in [0, 0.05) is 5.56 Å². The molecule has 134 valence electrons. The van der Waals surface area contributed by atoms with Crippen LogP contribution in [0.1, 0.15) is 15.9 Å². The van der Waals surface area contributed by atoms with E-state index in [4.69, 9.17) is 30.2 Å². The van der Waals surface area contributed by atoms with E-state index in [1.54, 1.807) is 25.1 Å². The van der Waals surface area contributed by atoms with Crippen LogP contribution in [0.3, 0.4) is 0 Å². The predicted molar refractivity (Wildman–Crippen MR) is 96.7 cm³/mol. The van der Waals surface area contributed by atoms with E-state index in [2.05, 4.69) is 0 Å². The Balaban J connectivity index is 2.05. The highest BCUT2D eigenvalue weighted by atomic mass is 35.5. The number of carbonyl (C=O) groups excluding carboxylic acids is 1. The summed E-state index contributed by atoms with van der Waals surface area (Å²) in [5.41, 5.74) is 0.616. The molecule has 0 amide bonds. The Kier molecular flexibility index (Phi) is 4.86. The fourth-order valence-corrected chi connectivity index (χ4v) is 2.76. The minimum Gasteiger partial charge on any atom is -0.496 e. The van der Waals surface area contributed by atoms with Crippen LogP contribution in [0.4, 0.5) is 0 Å². The van der Waals surface area contributed by atoms with Crippen LogP contribution < -0.4 is 19.6 Å². The number of hydrogen-bond acceptors (Lipinski definition) is 6. The zero-order chi connectivity index (χ0) is 18.8. The third kappa shape index (κ3) is 2.99. The summed E-state index contributed by atoms with van der Waals surface area (Å²) in [5, 5.41) is 0.296. The standard InChI is InChI=1S/C19H15ClO6/c1-10-13(8-7-11-17(21)12(20)9-25-18(10)11)26-19(22)16-14(23-2)5-4-6-15(16)24-3/h4-9H,1-3H3. The molecule has 3 rings (SSSR count). The second kappa shape index (κ2) is 7.09. The van der Waals surface area contributed by atoms with Crippen molar-refractivity contribution >= 4 is 28.5 Å². The minimum atomic E-state index is -0.655. The zero-order valence-corrected chi connectivity index (χ0v) is 15.0. The van der Waals surface area contributed by atoms with Crippen molar-refractivity contribution in [3.05, 3.63) is 63.0 Å². The summed E-state index contributed by atoms with van der Waals surface area (Å²) in [6.07, 6.45) is 1.16. The lowest BCUT2D eigenvalue weighted by Gasteiger charge is -2.13. The summed E-state index contributed by atoms with van der Waals surface area (Å²) >= 11 is 5.79. The van der Waals surface area contributed by atoms with Gasteiger partial charge in [-0.1, -0.05) is 17.7 Å². The highest BCUT2D eigenvalue weighted by Crippen LogP contribution is 2.32. The molecule has 0 aliphatic carbocycles. The van der Waals surface area contributed by atoms with Gasteiger partial charge < -0.3 is 18.6 Å². The van der Waals surface area contributed by atoms with Crippen molar-refractivity contribution < 1.29 is 23.4 Å². The lowest BCUT2D eigenvalue weighted by atomic mass is 10.1. The number of aryl methyl sites for hydroxylation is 1. The normalized spacial score (nSPS) is 10.6. The first-order chi connectivity index (χ1) is 12.5. The van der Waals surface area contributed by atoms with Crippen LogP contribution in [0.5, 0.6) is 17.2 Å². The van der Waals surface area contributed by atoms with Crippen LogP contribution in [-0.4, -0.2) is 20.2 Å². The monoisotopic (exact) mass is 374 g/mol. The number of hydrogen-bond donors (Lipinski definition) is 0. The van der Waals surface area contributed by atoms with Gasteiger partial charge >= 0.3 is 5.97 Å². The van der Waals surface area contributed by atoms with Crippen molar-refractivity contribution in [1.82, 2.24) is 0 Å². The highest BCUT2D eigenvalue weighted by molar-refractivity contribution is 6.30. The van der Waals surface area contributed by atoms with Gasteiger partial charge in [0.05, 0.1) is 19.6 Å². The first kappa shape index (κ1) is 17.8. The van der Waals surface area contributed by atoms with E-state index in [0.717, 1.165) is 6.26 Å². The number of rotatable bonds is 4. The first-order valence-corrected chi connectivity index (χ1v) is 7.99. The molecule has 0 saturated carbocycles. The molecule has 1 aromatic heterocycles. The number of methoxy groups -OCH3 is 2. The van der Waals surface area contributed by atoms with Gasteiger partial charge in [0.2, 0.25) is 5.43 Å². The van der Waals surface area contributed by atoms with Gasteiger partial charge in [-0.2, -0.15) is 0 Å². The molecule has 7 heteroatoms. The molecule has 0 fully saturated rings. The number of halogens is 1. The fraction of sp³-hybridized carbons (Fsp3) is 0.158. The van der Waals surface area contributed by atoms with E-state index in [9.17, 15) is 9.59 Å². The van der Waals surface area contributed by atoms with Crippen LogP contribution in [0.25, 0.3) is 11.0 Å². The molecule has 0 atom stereocenters. The molecule has 0 spiro atoms. The largest absolute Gasteiger partial charge is 0.496 e. The number of fused-ring (bicyclic) bond motifs is 1. The Labute approximate surface area is 153 Å². The maximum absolute atomic E-state index is 12.7. The second-order valence-corrected chi connectivity index (χ2v) is 5.81. The summed E-state index contributed by atoms with van der Waals surface area (Å²) in [4.78, 5) is 24.8. The molecule has 26 heavy (non-hydrogen) atoms. The molecule has 0 radical (unpaired) electrons. The maximum Gasteiger partial charge on any atom is 0.351 e. The Morgan fingerprint density at radius 3 is 2.31 bits per heavy atom. The number of benzene rings is 2. The third-order valence-electron chi connectivity index (χ3n) is 3.93. The maximum atomic E-state index is 12.7. The van der Waals surface area contributed by atoms with Gasteiger partial charge in [0.25, 0.3) is 0 Å². The van der Waals surface area contributed by atoms with Crippen LogP contribution in [0.15, 0.2) is 45.8 Å². The zero-order valence-electron chi connectivity index (χ0n) is 14.3. The second-order valence-electron chi connectivity index (χ2n) is 5.41. The minimum absolute atomic E-state index is 0.0135. The number of esters is 1. The van der Waals surface area contributed by atoms with Gasteiger partial charge in [-0.15, -0.1) is 0 Å². The molecule has 0 bridgehead atoms. The third-order valence-corrected chi connectivity index (χ3v) is 4.19. The molecule has 3 aromatic rings. The average molecular weight is 375 g/mol. The lowest BCUT2D eigenvalue weighted by molar-refractivity contribution is 0.0726. The lowest BCUT2D eigenvalue weighted by Crippen LogP contribution is -2.13. The van der Waals surface area contributed by atoms with Crippen molar-refractivity contribution in [1.29, 1.82) is 0 Å². The number of carbonyl (C=O) groups is 1. The Morgan fingerprint density at radius 1 is 1.04 bits per heavy atom. The van der Waals surface area contributed by atoms with Crippen molar-refractivity contribution in [2.24, 2.45) is 0 Å². The van der Waals surface area contributed by atoms with Crippen LogP contribution >= 0.6 is 11.6 Å².